The summed E-state index contributed by atoms with van der Waals surface area (Å²) < 4.78 is 5.15. The van der Waals surface area contributed by atoms with E-state index in [9.17, 15) is 0 Å². The second-order valence-electron chi connectivity index (χ2n) is 4.06. The van der Waals surface area contributed by atoms with Gasteiger partial charge in [-0.25, -0.2) is 0 Å². The second-order valence-corrected chi connectivity index (χ2v) is 4.06. The zero-order valence-corrected chi connectivity index (χ0v) is 10.9. The van der Waals surface area contributed by atoms with Crippen molar-refractivity contribution >= 4 is 5.69 Å². The molecule has 0 fully saturated rings. The van der Waals surface area contributed by atoms with Crippen molar-refractivity contribution in [2.45, 2.75) is 26.2 Å². The molecule has 1 aromatic rings. The van der Waals surface area contributed by atoms with Crippen LogP contribution >= 0.6 is 0 Å². The molecule has 0 aromatic heterocycles. The van der Waals surface area contributed by atoms with Crippen LogP contribution in [0.25, 0.3) is 0 Å². The smallest absolute Gasteiger partial charge is 0.119 e. The quantitative estimate of drug-likeness (QED) is 0.706. The van der Waals surface area contributed by atoms with Crippen molar-refractivity contribution < 1.29 is 9.84 Å². The molecule has 3 nitrogen and oxygen atoms in total. The minimum Gasteiger partial charge on any atom is -0.497 e. The highest BCUT2D eigenvalue weighted by Crippen LogP contribution is 2.19. The largest absolute Gasteiger partial charge is 0.497 e. The number of anilines is 1. The molecule has 0 bridgehead atoms. The number of aliphatic hydroxyl groups excluding tert-OH is 1. The van der Waals surface area contributed by atoms with Crippen molar-refractivity contribution in [3.63, 3.8) is 0 Å². The van der Waals surface area contributed by atoms with E-state index in [0.717, 1.165) is 38.1 Å². The predicted molar refractivity (Wildman–Crippen MR) is 71.8 cm³/mol. The van der Waals surface area contributed by atoms with E-state index in [4.69, 9.17) is 9.84 Å². The van der Waals surface area contributed by atoms with Gasteiger partial charge >= 0.3 is 0 Å². The molecular formula is C14H23NO2. The van der Waals surface area contributed by atoms with Crippen LogP contribution in [0.5, 0.6) is 5.75 Å². The third-order valence-electron chi connectivity index (χ3n) is 2.91. The first-order valence-corrected chi connectivity index (χ1v) is 6.31. The van der Waals surface area contributed by atoms with Gasteiger partial charge in [-0.2, -0.15) is 0 Å². The molecular weight excluding hydrogens is 214 g/mol. The zero-order chi connectivity index (χ0) is 12.5. The lowest BCUT2D eigenvalue weighted by Gasteiger charge is -2.23. The summed E-state index contributed by atoms with van der Waals surface area (Å²) in [6, 6.07) is 8.17. The van der Waals surface area contributed by atoms with E-state index in [0.29, 0.717) is 6.61 Å². The van der Waals surface area contributed by atoms with Crippen molar-refractivity contribution in [1.82, 2.24) is 0 Å². The lowest BCUT2D eigenvalue weighted by molar-refractivity contribution is 0.283. The standard InChI is InChI=1S/C14H23NO2/c1-3-15(11-5-4-6-12-16)13-7-9-14(17-2)10-8-13/h7-10,16H,3-6,11-12H2,1-2H3. The van der Waals surface area contributed by atoms with E-state index in [1.807, 2.05) is 12.1 Å². The second kappa shape index (κ2) is 7.96. The molecule has 1 aromatic carbocycles. The number of hydrogen-bond donors (Lipinski definition) is 1. The van der Waals surface area contributed by atoms with Crippen LogP contribution in [0, 0.1) is 0 Å². The van der Waals surface area contributed by atoms with Crippen molar-refractivity contribution in [3.8, 4) is 5.75 Å². The van der Waals surface area contributed by atoms with Crippen molar-refractivity contribution in [3.05, 3.63) is 24.3 Å². The SMILES string of the molecule is CCN(CCCCCO)c1ccc(OC)cc1. The molecule has 0 aliphatic heterocycles. The van der Waals surface area contributed by atoms with Gasteiger partial charge in [-0.1, -0.05) is 0 Å². The molecule has 0 amide bonds. The number of methoxy groups -OCH3 is 1. The molecule has 0 spiro atoms. The van der Waals surface area contributed by atoms with Crippen LogP contribution in [-0.2, 0) is 0 Å². The normalized spacial score (nSPS) is 10.3. The van der Waals surface area contributed by atoms with Crippen LogP contribution in [-0.4, -0.2) is 31.9 Å². The first kappa shape index (κ1) is 13.8. The Hall–Kier alpha value is -1.22. The predicted octanol–water partition coefficient (Wildman–Crippen LogP) is 2.68. The van der Waals surface area contributed by atoms with Gasteiger partial charge < -0.3 is 14.7 Å². The monoisotopic (exact) mass is 237 g/mol. The molecule has 0 unspecified atom stereocenters. The highest BCUT2D eigenvalue weighted by molar-refractivity contribution is 5.48. The summed E-state index contributed by atoms with van der Waals surface area (Å²) in [7, 11) is 1.68. The van der Waals surface area contributed by atoms with Gasteiger partial charge in [0.1, 0.15) is 5.75 Å². The fourth-order valence-electron chi connectivity index (χ4n) is 1.85. The Labute approximate surface area is 104 Å². The molecule has 0 radical (unpaired) electrons. The Bertz CT molecular complexity index is 298. The number of rotatable bonds is 8. The fourth-order valence-corrected chi connectivity index (χ4v) is 1.85. The Kier molecular flexibility index (Phi) is 6.48. The molecule has 17 heavy (non-hydrogen) atoms. The van der Waals surface area contributed by atoms with Crippen LogP contribution in [0.2, 0.25) is 0 Å². The Morgan fingerprint density at radius 1 is 1.12 bits per heavy atom. The summed E-state index contributed by atoms with van der Waals surface area (Å²) in [6.45, 7) is 4.51. The Morgan fingerprint density at radius 3 is 2.35 bits per heavy atom. The summed E-state index contributed by atoms with van der Waals surface area (Å²) in [6.07, 6.45) is 3.11. The highest BCUT2D eigenvalue weighted by atomic mass is 16.5. The molecule has 0 saturated heterocycles. The molecule has 1 rings (SSSR count). The Balaban J connectivity index is 2.47. The summed E-state index contributed by atoms with van der Waals surface area (Å²) in [5.74, 6) is 0.894. The average molecular weight is 237 g/mol. The van der Waals surface area contributed by atoms with Gasteiger partial charge in [-0.15, -0.1) is 0 Å². The maximum absolute atomic E-state index is 8.74. The molecule has 1 N–H and O–H groups in total. The van der Waals surface area contributed by atoms with E-state index >= 15 is 0 Å². The highest BCUT2D eigenvalue weighted by Gasteiger charge is 2.03. The van der Waals surface area contributed by atoms with E-state index in [1.54, 1.807) is 7.11 Å². The summed E-state index contributed by atoms with van der Waals surface area (Å²) >= 11 is 0. The number of ether oxygens (including phenoxy) is 1. The first-order chi connectivity index (χ1) is 8.31. The number of nitrogens with zero attached hydrogens (tertiary/aromatic N) is 1. The summed E-state index contributed by atoms with van der Waals surface area (Å²) in [5.41, 5.74) is 1.23. The van der Waals surface area contributed by atoms with Gasteiger partial charge in [0, 0.05) is 25.4 Å². The van der Waals surface area contributed by atoms with Crippen LogP contribution in [0.4, 0.5) is 5.69 Å². The van der Waals surface area contributed by atoms with E-state index in [-0.39, 0.29) is 0 Å². The number of hydrogen-bond acceptors (Lipinski definition) is 3. The molecule has 3 heteroatoms. The van der Waals surface area contributed by atoms with E-state index in [1.165, 1.54) is 5.69 Å². The molecule has 0 aliphatic carbocycles. The van der Waals surface area contributed by atoms with Gasteiger partial charge in [0.25, 0.3) is 0 Å². The third-order valence-corrected chi connectivity index (χ3v) is 2.91. The summed E-state index contributed by atoms with van der Waals surface area (Å²) in [4.78, 5) is 2.34. The summed E-state index contributed by atoms with van der Waals surface area (Å²) in [5, 5.41) is 8.74. The lowest BCUT2D eigenvalue weighted by atomic mass is 10.2. The number of benzene rings is 1. The number of unbranched alkanes of at least 4 members (excludes halogenated alkanes) is 2. The van der Waals surface area contributed by atoms with Gasteiger partial charge in [0.2, 0.25) is 0 Å². The topological polar surface area (TPSA) is 32.7 Å². The number of aliphatic hydroxyl groups is 1. The third kappa shape index (κ3) is 4.65. The van der Waals surface area contributed by atoms with E-state index in [2.05, 4.69) is 24.0 Å². The van der Waals surface area contributed by atoms with Gasteiger partial charge in [-0.05, 0) is 50.5 Å². The van der Waals surface area contributed by atoms with Gasteiger partial charge in [0.05, 0.1) is 7.11 Å². The van der Waals surface area contributed by atoms with Crippen LogP contribution < -0.4 is 9.64 Å². The van der Waals surface area contributed by atoms with Crippen LogP contribution in [0.3, 0.4) is 0 Å². The van der Waals surface area contributed by atoms with Crippen LogP contribution in [0.1, 0.15) is 26.2 Å². The maximum Gasteiger partial charge on any atom is 0.119 e. The van der Waals surface area contributed by atoms with Crippen molar-refractivity contribution in [2.24, 2.45) is 0 Å². The van der Waals surface area contributed by atoms with Gasteiger partial charge in [0.15, 0.2) is 0 Å². The van der Waals surface area contributed by atoms with Crippen molar-refractivity contribution in [2.75, 3.05) is 31.7 Å². The van der Waals surface area contributed by atoms with E-state index < -0.39 is 0 Å². The molecule has 0 saturated carbocycles. The average Bonchev–Trinajstić information content (AvgIpc) is 2.39. The van der Waals surface area contributed by atoms with Gasteiger partial charge in [-0.3, -0.25) is 0 Å². The minimum absolute atomic E-state index is 0.300. The fraction of sp³-hybridized carbons (Fsp3) is 0.571. The molecule has 0 heterocycles. The van der Waals surface area contributed by atoms with Crippen molar-refractivity contribution in [1.29, 1.82) is 0 Å². The maximum atomic E-state index is 8.74. The van der Waals surface area contributed by atoms with Crippen LogP contribution in [0.15, 0.2) is 24.3 Å². The molecule has 0 aliphatic rings. The molecule has 0 atom stereocenters. The Morgan fingerprint density at radius 2 is 1.82 bits per heavy atom. The zero-order valence-electron chi connectivity index (χ0n) is 10.9. The first-order valence-electron chi connectivity index (χ1n) is 6.31. The minimum atomic E-state index is 0.300. The lowest BCUT2D eigenvalue weighted by Crippen LogP contribution is -2.23. The molecule has 96 valence electrons.